The predicted octanol–water partition coefficient (Wildman–Crippen LogP) is 1.34. The molecule has 3 rings (SSSR count). The molecule has 2 atom stereocenters. The number of nitrogens with one attached hydrogen (secondary N) is 2. The van der Waals surface area contributed by atoms with Crippen LogP contribution in [0.2, 0.25) is 0 Å². The summed E-state index contributed by atoms with van der Waals surface area (Å²) < 4.78 is 13.0. The first-order valence-electron chi connectivity index (χ1n) is 7.79. The first-order valence-corrected chi connectivity index (χ1v) is 7.79. The number of amides is 1. The zero-order chi connectivity index (χ0) is 17.3. The summed E-state index contributed by atoms with van der Waals surface area (Å²) in [5, 5.41) is 5.60. The monoisotopic (exact) mass is 331 g/mol. The summed E-state index contributed by atoms with van der Waals surface area (Å²) in [5.41, 5.74) is 0.900. The van der Waals surface area contributed by atoms with Crippen molar-refractivity contribution in [1.82, 2.24) is 15.1 Å². The molecule has 0 aliphatic carbocycles. The van der Waals surface area contributed by atoms with Crippen LogP contribution >= 0.6 is 0 Å². The average molecular weight is 331 g/mol. The highest BCUT2D eigenvalue weighted by Crippen LogP contribution is 2.32. The minimum absolute atomic E-state index is 0.208. The Labute approximate surface area is 139 Å². The molecule has 0 bridgehead atoms. The van der Waals surface area contributed by atoms with E-state index in [1.807, 2.05) is 44.2 Å². The smallest absolute Gasteiger partial charge is 0.269 e. The van der Waals surface area contributed by atoms with E-state index in [2.05, 4.69) is 10.4 Å². The fourth-order valence-electron chi connectivity index (χ4n) is 2.71. The van der Waals surface area contributed by atoms with Crippen molar-refractivity contribution in [3.8, 4) is 0 Å². The molecule has 1 aromatic heterocycles. The Hall–Kier alpha value is -2.38. The van der Waals surface area contributed by atoms with Crippen LogP contribution < -0.4 is 10.9 Å². The molecule has 0 spiro atoms. The number of aromatic amines is 1. The van der Waals surface area contributed by atoms with Gasteiger partial charge in [0.05, 0.1) is 12.6 Å². The van der Waals surface area contributed by atoms with E-state index in [1.165, 1.54) is 10.7 Å². The van der Waals surface area contributed by atoms with E-state index in [1.54, 1.807) is 7.05 Å². The number of hydrogen-bond donors (Lipinski definition) is 2. The molecule has 1 aliphatic heterocycles. The highest BCUT2D eigenvalue weighted by molar-refractivity contribution is 5.92. The fraction of sp³-hybridized carbons (Fsp3) is 0.412. The van der Waals surface area contributed by atoms with Crippen LogP contribution in [0, 0.1) is 0 Å². The zero-order valence-corrected chi connectivity index (χ0v) is 13.9. The third-order valence-corrected chi connectivity index (χ3v) is 3.96. The van der Waals surface area contributed by atoms with E-state index < -0.39 is 5.79 Å². The highest BCUT2D eigenvalue weighted by atomic mass is 16.7. The van der Waals surface area contributed by atoms with Gasteiger partial charge in [0.1, 0.15) is 11.8 Å². The number of nitrogens with zero attached hydrogens (tertiary/aromatic N) is 1. The molecule has 7 heteroatoms. The van der Waals surface area contributed by atoms with E-state index in [4.69, 9.17) is 9.47 Å². The molecule has 7 nitrogen and oxygen atoms in total. The van der Waals surface area contributed by atoms with Crippen molar-refractivity contribution in [2.45, 2.75) is 31.8 Å². The maximum absolute atomic E-state index is 12.4. The lowest BCUT2D eigenvalue weighted by molar-refractivity contribution is -0.284. The van der Waals surface area contributed by atoms with Gasteiger partial charge in [-0.25, -0.2) is 0 Å². The van der Waals surface area contributed by atoms with E-state index in [-0.39, 0.29) is 29.3 Å². The van der Waals surface area contributed by atoms with Crippen molar-refractivity contribution >= 4 is 5.91 Å². The normalized spacial score (nSPS) is 23.0. The van der Waals surface area contributed by atoms with Gasteiger partial charge in [-0.3, -0.25) is 19.4 Å². The van der Waals surface area contributed by atoms with Gasteiger partial charge in [0, 0.05) is 13.1 Å². The number of aromatic nitrogens is 2. The maximum Gasteiger partial charge on any atom is 0.269 e. The molecule has 0 unspecified atom stereocenters. The molecule has 0 radical (unpaired) electrons. The van der Waals surface area contributed by atoms with Crippen LogP contribution in [0.4, 0.5) is 0 Å². The van der Waals surface area contributed by atoms with Gasteiger partial charge in [0.25, 0.3) is 11.5 Å². The van der Waals surface area contributed by atoms with E-state index >= 15 is 0 Å². The Morgan fingerprint density at radius 1 is 1.33 bits per heavy atom. The quantitative estimate of drug-likeness (QED) is 0.889. The number of ether oxygens (including phenoxy) is 2. The second-order valence-electron chi connectivity index (χ2n) is 6.31. The largest absolute Gasteiger partial charge is 0.348 e. The Kier molecular flexibility index (Phi) is 4.29. The van der Waals surface area contributed by atoms with E-state index in [0.717, 1.165) is 5.56 Å². The minimum atomic E-state index is -0.733. The number of benzene rings is 1. The summed E-state index contributed by atoms with van der Waals surface area (Å²) in [6.45, 7) is 4.00. The summed E-state index contributed by atoms with van der Waals surface area (Å²) in [5.74, 6) is -1.10. The minimum Gasteiger partial charge on any atom is -0.348 e. The SMILES string of the molecule is Cn1[nH]c(C(=O)N[C@@H]2COC(C)(C)O[C@@H]2c2ccccc2)cc1=O. The van der Waals surface area contributed by atoms with Gasteiger partial charge in [0.2, 0.25) is 0 Å². The molecule has 1 amide bonds. The van der Waals surface area contributed by atoms with Crippen molar-refractivity contribution in [1.29, 1.82) is 0 Å². The van der Waals surface area contributed by atoms with Gasteiger partial charge in [-0.1, -0.05) is 30.3 Å². The fourth-order valence-corrected chi connectivity index (χ4v) is 2.71. The third-order valence-electron chi connectivity index (χ3n) is 3.96. The van der Waals surface area contributed by atoms with Gasteiger partial charge in [-0.05, 0) is 19.4 Å². The van der Waals surface area contributed by atoms with Gasteiger partial charge in [0.15, 0.2) is 5.79 Å². The first kappa shape index (κ1) is 16.5. The number of carbonyl (C=O) groups is 1. The lowest BCUT2D eigenvalue weighted by Crippen LogP contribution is -2.52. The Morgan fingerprint density at radius 3 is 2.67 bits per heavy atom. The summed E-state index contributed by atoms with van der Waals surface area (Å²) >= 11 is 0. The standard InChI is InChI=1S/C17H21N3O4/c1-17(2)23-10-13(15(24-17)11-7-5-4-6-8-11)18-16(22)12-9-14(21)20(3)19-12/h4-9,13,15,19H,10H2,1-3H3,(H,18,22)/t13-,15-/m1/s1. The van der Waals surface area contributed by atoms with Crippen LogP contribution in [0.15, 0.2) is 41.2 Å². The number of H-pyrrole nitrogens is 1. The molecule has 1 saturated heterocycles. The average Bonchev–Trinajstić information content (AvgIpc) is 2.89. The van der Waals surface area contributed by atoms with Crippen LogP contribution in [-0.2, 0) is 16.5 Å². The molecule has 1 aliphatic rings. The highest BCUT2D eigenvalue weighted by Gasteiger charge is 2.38. The van der Waals surface area contributed by atoms with Gasteiger partial charge >= 0.3 is 0 Å². The van der Waals surface area contributed by atoms with Crippen molar-refractivity contribution in [2.24, 2.45) is 7.05 Å². The lowest BCUT2D eigenvalue weighted by atomic mass is 10.0. The van der Waals surface area contributed by atoms with Crippen molar-refractivity contribution in [3.63, 3.8) is 0 Å². The van der Waals surface area contributed by atoms with E-state index in [9.17, 15) is 9.59 Å². The molecule has 2 N–H and O–H groups in total. The first-order chi connectivity index (χ1) is 11.4. The third kappa shape index (κ3) is 3.42. The summed E-state index contributed by atoms with van der Waals surface area (Å²) in [6.07, 6.45) is -0.339. The number of rotatable bonds is 3. The molecule has 1 aromatic carbocycles. The Balaban J connectivity index is 1.82. The van der Waals surface area contributed by atoms with Crippen LogP contribution in [0.3, 0.4) is 0 Å². The van der Waals surface area contributed by atoms with Crippen LogP contribution in [0.5, 0.6) is 0 Å². The second kappa shape index (κ2) is 6.26. The van der Waals surface area contributed by atoms with Gasteiger partial charge in [-0.2, -0.15) is 0 Å². The van der Waals surface area contributed by atoms with Crippen LogP contribution in [-0.4, -0.2) is 34.1 Å². The maximum atomic E-state index is 12.4. The van der Waals surface area contributed by atoms with Crippen molar-refractivity contribution in [3.05, 3.63) is 58.0 Å². The van der Waals surface area contributed by atoms with Crippen LogP contribution in [0.1, 0.15) is 36.0 Å². The second-order valence-corrected chi connectivity index (χ2v) is 6.31. The van der Waals surface area contributed by atoms with Crippen LogP contribution in [0.25, 0.3) is 0 Å². The molecular weight excluding hydrogens is 310 g/mol. The van der Waals surface area contributed by atoms with Gasteiger partial charge < -0.3 is 14.8 Å². The Morgan fingerprint density at radius 2 is 2.04 bits per heavy atom. The van der Waals surface area contributed by atoms with Gasteiger partial charge in [-0.15, -0.1) is 0 Å². The zero-order valence-electron chi connectivity index (χ0n) is 13.9. The molecular formula is C17H21N3O4. The number of carbonyl (C=O) groups excluding carboxylic acids is 1. The molecule has 1 fully saturated rings. The number of aryl methyl sites for hydroxylation is 1. The summed E-state index contributed by atoms with van der Waals surface area (Å²) in [4.78, 5) is 23.9. The number of hydrogen-bond acceptors (Lipinski definition) is 4. The predicted molar refractivity (Wildman–Crippen MR) is 87.6 cm³/mol. The van der Waals surface area contributed by atoms with E-state index in [0.29, 0.717) is 6.61 Å². The molecule has 0 saturated carbocycles. The topological polar surface area (TPSA) is 85.3 Å². The summed E-state index contributed by atoms with van der Waals surface area (Å²) in [6, 6.07) is 10.6. The Bertz CT molecular complexity index is 779. The lowest BCUT2D eigenvalue weighted by Gasteiger charge is -2.41. The molecule has 2 aromatic rings. The molecule has 2 heterocycles. The molecule has 24 heavy (non-hydrogen) atoms. The van der Waals surface area contributed by atoms with Crippen molar-refractivity contribution in [2.75, 3.05) is 6.61 Å². The van der Waals surface area contributed by atoms with Crippen molar-refractivity contribution < 1.29 is 14.3 Å². The summed E-state index contributed by atoms with van der Waals surface area (Å²) in [7, 11) is 1.56. The molecule has 128 valence electrons.